The van der Waals surface area contributed by atoms with Gasteiger partial charge in [0.25, 0.3) is 5.91 Å². The number of hydrogen-bond acceptors (Lipinski definition) is 3. The van der Waals surface area contributed by atoms with Crippen molar-refractivity contribution in [3.8, 4) is 0 Å². The zero-order chi connectivity index (χ0) is 14.5. The first-order chi connectivity index (χ1) is 9.61. The van der Waals surface area contributed by atoms with Gasteiger partial charge in [-0.2, -0.15) is 0 Å². The maximum absolute atomic E-state index is 11.8. The van der Waals surface area contributed by atoms with Crippen LogP contribution < -0.4 is 16.0 Å². The standard InChI is InChI=1S/C16H21N3O/c1-11-4-5-13(8-12(11)2)9-18-10-14-15(17-3)6-7-19-16(14)20/h4-8,10,15,17-18H,9H2,1-3H3,(H,19,20)/b14-10+. The molecule has 0 saturated carbocycles. The second-order valence-electron chi connectivity index (χ2n) is 5.00. The molecule has 0 bridgehead atoms. The maximum Gasteiger partial charge on any atom is 0.254 e. The van der Waals surface area contributed by atoms with E-state index in [1.165, 1.54) is 16.7 Å². The van der Waals surface area contributed by atoms with E-state index in [2.05, 4.69) is 48.0 Å². The molecular formula is C16H21N3O. The lowest BCUT2D eigenvalue weighted by Crippen LogP contribution is -2.38. The topological polar surface area (TPSA) is 53.2 Å². The predicted molar refractivity (Wildman–Crippen MR) is 81.0 cm³/mol. The van der Waals surface area contributed by atoms with Gasteiger partial charge >= 0.3 is 0 Å². The molecule has 106 valence electrons. The number of carbonyl (C=O) groups is 1. The molecule has 0 saturated heterocycles. The highest BCUT2D eigenvalue weighted by molar-refractivity contribution is 5.96. The molecule has 4 heteroatoms. The van der Waals surface area contributed by atoms with Crippen molar-refractivity contribution in [2.75, 3.05) is 7.05 Å². The van der Waals surface area contributed by atoms with Gasteiger partial charge in [-0.25, -0.2) is 0 Å². The zero-order valence-electron chi connectivity index (χ0n) is 12.2. The molecule has 1 aliphatic rings. The number of benzene rings is 1. The van der Waals surface area contributed by atoms with Gasteiger partial charge in [-0.1, -0.05) is 18.2 Å². The number of aryl methyl sites for hydroxylation is 2. The number of hydrogen-bond donors (Lipinski definition) is 3. The molecule has 0 aromatic heterocycles. The van der Waals surface area contributed by atoms with E-state index < -0.39 is 0 Å². The van der Waals surface area contributed by atoms with Crippen LogP contribution in [0, 0.1) is 13.8 Å². The van der Waals surface area contributed by atoms with Crippen molar-refractivity contribution >= 4 is 5.91 Å². The average molecular weight is 271 g/mol. The molecular weight excluding hydrogens is 250 g/mol. The quantitative estimate of drug-likeness (QED) is 0.728. The van der Waals surface area contributed by atoms with Gasteiger partial charge in [0.1, 0.15) is 0 Å². The molecule has 1 amide bonds. The molecule has 1 aliphatic heterocycles. The van der Waals surface area contributed by atoms with Crippen molar-refractivity contribution in [2.24, 2.45) is 0 Å². The van der Waals surface area contributed by atoms with Crippen molar-refractivity contribution in [1.82, 2.24) is 16.0 Å². The van der Waals surface area contributed by atoms with Gasteiger partial charge in [-0.05, 0) is 43.7 Å². The number of carbonyl (C=O) groups excluding carboxylic acids is 1. The van der Waals surface area contributed by atoms with Crippen molar-refractivity contribution in [1.29, 1.82) is 0 Å². The van der Waals surface area contributed by atoms with Crippen molar-refractivity contribution in [2.45, 2.75) is 26.4 Å². The number of likely N-dealkylation sites (N-methyl/N-ethyl adjacent to an activating group) is 1. The van der Waals surface area contributed by atoms with Gasteiger partial charge in [-0.15, -0.1) is 0 Å². The third-order valence-corrected chi connectivity index (χ3v) is 3.55. The van der Waals surface area contributed by atoms with Gasteiger partial charge in [0.05, 0.1) is 11.6 Å². The molecule has 1 unspecified atom stereocenters. The van der Waals surface area contributed by atoms with Crippen molar-refractivity contribution in [3.63, 3.8) is 0 Å². The van der Waals surface area contributed by atoms with E-state index in [0.29, 0.717) is 12.1 Å². The molecule has 1 aromatic carbocycles. The Kier molecular flexibility index (Phi) is 4.58. The molecule has 1 aromatic rings. The van der Waals surface area contributed by atoms with E-state index in [9.17, 15) is 4.79 Å². The van der Waals surface area contributed by atoms with E-state index in [4.69, 9.17) is 0 Å². The number of amides is 1. The fraction of sp³-hybridized carbons (Fsp3) is 0.312. The van der Waals surface area contributed by atoms with Crippen LogP contribution in [0.4, 0.5) is 0 Å². The SMILES string of the molecule is CNC1C=CNC(=O)/C1=C/NCc1ccc(C)c(C)c1. The highest BCUT2D eigenvalue weighted by Gasteiger charge is 2.19. The first-order valence-electron chi connectivity index (χ1n) is 6.76. The lowest BCUT2D eigenvalue weighted by Gasteiger charge is -2.19. The molecule has 3 N–H and O–H groups in total. The first kappa shape index (κ1) is 14.3. The molecule has 4 nitrogen and oxygen atoms in total. The average Bonchev–Trinajstić information content (AvgIpc) is 2.44. The summed E-state index contributed by atoms with van der Waals surface area (Å²) in [7, 11) is 1.84. The number of rotatable bonds is 4. The summed E-state index contributed by atoms with van der Waals surface area (Å²) in [5.74, 6) is -0.0700. The normalized spacial score (nSPS) is 20.1. The molecule has 0 aliphatic carbocycles. The monoisotopic (exact) mass is 271 g/mol. The molecule has 20 heavy (non-hydrogen) atoms. The van der Waals surface area contributed by atoms with Crippen LogP contribution >= 0.6 is 0 Å². The molecule has 0 fully saturated rings. The molecule has 0 radical (unpaired) electrons. The van der Waals surface area contributed by atoms with Crippen LogP contribution in [-0.2, 0) is 11.3 Å². The van der Waals surface area contributed by atoms with Crippen LogP contribution in [0.15, 0.2) is 42.2 Å². The minimum atomic E-state index is -0.0700. The Balaban J connectivity index is 2.03. The highest BCUT2D eigenvalue weighted by atomic mass is 16.1. The molecule has 2 rings (SSSR count). The summed E-state index contributed by atoms with van der Waals surface area (Å²) in [5.41, 5.74) is 4.47. The van der Waals surface area contributed by atoms with E-state index in [1.807, 2.05) is 13.1 Å². The molecule has 1 heterocycles. The lowest BCUT2D eigenvalue weighted by atomic mass is 10.0. The van der Waals surface area contributed by atoms with E-state index in [-0.39, 0.29) is 11.9 Å². The Morgan fingerprint density at radius 3 is 2.80 bits per heavy atom. The summed E-state index contributed by atoms with van der Waals surface area (Å²) in [6.07, 6.45) is 5.38. The predicted octanol–water partition coefficient (Wildman–Crippen LogP) is 1.51. The third-order valence-electron chi connectivity index (χ3n) is 3.55. The summed E-state index contributed by atoms with van der Waals surface area (Å²) >= 11 is 0. The van der Waals surface area contributed by atoms with Crippen molar-refractivity contribution in [3.05, 3.63) is 58.9 Å². The van der Waals surface area contributed by atoms with Crippen LogP contribution in [-0.4, -0.2) is 19.0 Å². The summed E-state index contributed by atoms with van der Waals surface area (Å²) in [6, 6.07) is 6.34. The van der Waals surface area contributed by atoms with E-state index in [0.717, 1.165) is 0 Å². The summed E-state index contributed by atoms with van der Waals surface area (Å²) in [6.45, 7) is 4.91. The van der Waals surface area contributed by atoms with Crippen LogP contribution in [0.3, 0.4) is 0 Å². The van der Waals surface area contributed by atoms with Crippen LogP contribution in [0.25, 0.3) is 0 Å². The Morgan fingerprint density at radius 2 is 2.10 bits per heavy atom. The third kappa shape index (κ3) is 3.27. The molecule has 0 spiro atoms. The fourth-order valence-corrected chi connectivity index (χ4v) is 2.15. The smallest absolute Gasteiger partial charge is 0.254 e. The van der Waals surface area contributed by atoms with E-state index >= 15 is 0 Å². The maximum atomic E-state index is 11.8. The second-order valence-corrected chi connectivity index (χ2v) is 5.00. The minimum Gasteiger partial charge on any atom is -0.386 e. The number of nitrogens with one attached hydrogen (secondary N) is 3. The Morgan fingerprint density at radius 1 is 1.30 bits per heavy atom. The second kappa shape index (κ2) is 6.39. The highest BCUT2D eigenvalue weighted by Crippen LogP contribution is 2.10. The zero-order valence-corrected chi connectivity index (χ0v) is 12.2. The summed E-state index contributed by atoms with van der Waals surface area (Å²) in [4.78, 5) is 11.8. The van der Waals surface area contributed by atoms with Crippen molar-refractivity contribution < 1.29 is 4.79 Å². The fourth-order valence-electron chi connectivity index (χ4n) is 2.15. The Labute approximate surface area is 120 Å². The Bertz CT molecular complexity index is 561. The van der Waals surface area contributed by atoms with Crippen LogP contribution in [0.1, 0.15) is 16.7 Å². The summed E-state index contributed by atoms with van der Waals surface area (Å²) in [5, 5.41) is 9.00. The van der Waals surface area contributed by atoms with Gasteiger partial charge in [0.2, 0.25) is 0 Å². The van der Waals surface area contributed by atoms with Gasteiger partial charge in [-0.3, -0.25) is 4.79 Å². The van der Waals surface area contributed by atoms with Crippen LogP contribution in [0.2, 0.25) is 0 Å². The largest absolute Gasteiger partial charge is 0.386 e. The first-order valence-corrected chi connectivity index (χ1v) is 6.76. The van der Waals surface area contributed by atoms with Gasteiger partial charge < -0.3 is 16.0 Å². The van der Waals surface area contributed by atoms with Gasteiger partial charge in [0.15, 0.2) is 0 Å². The lowest BCUT2D eigenvalue weighted by molar-refractivity contribution is -0.117. The Hall–Kier alpha value is -2.07. The van der Waals surface area contributed by atoms with E-state index in [1.54, 1.807) is 12.4 Å². The minimum absolute atomic E-state index is 0.0454. The summed E-state index contributed by atoms with van der Waals surface area (Å²) < 4.78 is 0. The van der Waals surface area contributed by atoms with Gasteiger partial charge in [0, 0.05) is 18.9 Å². The van der Waals surface area contributed by atoms with Crippen LogP contribution in [0.5, 0.6) is 0 Å². The molecule has 1 atom stereocenters.